The van der Waals surface area contributed by atoms with Gasteiger partial charge in [0.05, 0.1) is 10.0 Å². The van der Waals surface area contributed by atoms with Crippen molar-refractivity contribution in [3.05, 3.63) is 69.0 Å². The summed E-state index contributed by atoms with van der Waals surface area (Å²) in [5.41, 5.74) is 2.99. The fourth-order valence-electron chi connectivity index (χ4n) is 2.49. The fraction of sp³-hybridized carbons (Fsp3) is 0.294. The second-order valence-corrected chi connectivity index (χ2v) is 5.81. The Kier molecular flexibility index (Phi) is 5.63. The molecule has 2 aromatic rings. The van der Waals surface area contributed by atoms with Crippen molar-refractivity contribution < 1.29 is 4.39 Å². The molecule has 0 radical (unpaired) electrons. The summed E-state index contributed by atoms with van der Waals surface area (Å²) in [6.07, 6.45) is 0.708. The van der Waals surface area contributed by atoms with Crippen LogP contribution in [0.15, 0.2) is 36.4 Å². The first-order chi connectivity index (χ1) is 10.0. The van der Waals surface area contributed by atoms with Crippen LogP contribution in [0.3, 0.4) is 0 Å². The van der Waals surface area contributed by atoms with E-state index in [1.165, 1.54) is 6.07 Å². The topological polar surface area (TPSA) is 12.0 Å². The summed E-state index contributed by atoms with van der Waals surface area (Å²) in [4.78, 5) is 0. The van der Waals surface area contributed by atoms with Crippen molar-refractivity contribution in [2.75, 3.05) is 6.54 Å². The summed E-state index contributed by atoms with van der Waals surface area (Å²) < 4.78 is 13.3. The van der Waals surface area contributed by atoms with Crippen molar-refractivity contribution in [2.45, 2.75) is 26.3 Å². The molecule has 1 N–H and O–H groups in total. The summed E-state index contributed by atoms with van der Waals surface area (Å²) in [5.74, 6) is -0.215. The zero-order valence-corrected chi connectivity index (χ0v) is 13.6. The van der Waals surface area contributed by atoms with Crippen molar-refractivity contribution in [2.24, 2.45) is 0 Å². The van der Waals surface area contributed by atoms with Crippen LogP contribution in [0.4, 0.5) is 4.39 Å². The molecule has 0 saturated heterocycles. The molecule has 0 aromatic heterocycles. The number of hydrogen-bond acceptors (Lipinski definition) is 1. The van der Waals surface area contributed by atoms with E-state index in [-0.39, 0.29) is 11.9 Å². The highest BCUT2D eigenvalue weighted by Crippen LogP contribution is 2.30. The molecular weight excluding hydrogens is 308 g/mol. The quantitative estimate of drug-likeness (QED) is 0.782. The number of hydrogen-bond donors (Lipinski definition) is 1. The molecular formula is C17H18Cl2FN. The summed E-state index contributed by atoms with van der Waals surface area (Å²) in [6, 6.07) is 10.6. The molecule has 0 heterocycles. The van der Waals surface area contributed by atoms with E-state index in [0.29, 0.717) is 16.5 Å². The molecule has 0 bridgehead atoms. The van der Waals surface area contributed by atoms with E-state index in [2.05, 4.69) is 5.32 Å². The maximum Gasteiger partial charge on any atom is 0.123 e. The van der Waals surface area contributed by atoms with E-state index in [0.717, 1.165) is 23.2 Å². The Morgan fingerprint density at radius 3 is 2.62 bits per heavy atom. The molecule has 0 aliphatic carbocycles. The Morgan fingerprint density at radius 2 is 1.95 bits per heavy atom. The average Bonchev–Trinajstić information content (AvgIpc) is 2.43. The number of aryl methyl sites for hydroxylation is 1. The molecule has 2 aromatic carbocycles. The number of halogens is 3. The monoisotopic (exact) mass is 325 g/mol. The highest BCUT2D eigenvalue weighted by Gasteiger charge is 2.16. The lowest BCUT2D eigenvalue weighted by molar-refractivity contribution is 0.544. The molecule has 0 aliphatic heterocycles. The van der Waals surface area contributed by atoms with Crippen LogP contribution >= 0.6 is 23.2 Å². The molecule has 21 heavy (non-hydrogen) atoms. The molecule has 4 heteroatoms. The minimum absolute atomic E-state index is 0.0755. The SMILES string of the molecule is CCNC(Cc1cccc(Cl)c1Cl)c1ccc(F)cc1C. The van der Waals surface area contributed by atoms with Gasteiger partial charge in [0.1, 0.15) is 5.82 Å². The average molecular weight is 326 g/mol. The van der Waals surface area contributed by atoms with Crippen molar-refractivity contribution in [3.8, 4) is 0 Å². The third kappa shape index (κ3) is 3.97. The van der Waals surface area contributed by atoms with Crippen molar-refractivity contribution in [3.63, 3.8) is 0 Å². The van der Waals surface area contributed by atoms with E-state index < -0.39 is 0 Å². The Balaban J connectivity index is 2.33. The zero-order chi connectivity index (χ0) is 15.4. The molecule has 1 atom stereocenters. The lowest BCUT2D eigenvalue weighted by atomic mass is 9.95. The van der Waals surface area contributed by atoms with Crippen molar-refractivity contribution in [1.29, 1.82) is 0 Å². The maximum absolute atomic E-state index is 13.3. The Morgan fingerprint density at radius 1 is 1.19 bits per heavy atom. The number of nitrogens with one attached hydrogen (secondary N) is 1. The summed E-state index contributed by atoms with van der Waals surface area (Å²) in [7, 11) is 0. The lowest BCUT2D eigenvalue weighted by Gasteiger charge is -2.21. The molecule has 0 aliphatic rings. The van der Waals surface area contributed by atoms with Crippen LogP contribution in [0.25, 0.3) is 0 Å². The van der Waals surface area contributed by atoms with E-state index in [9.17, 15) is 4.39 Å². The van der Waals surface area contributed by atoms with Crippen LogP contribution < -0.4 is 5.32 Å². The van der Waals surface area contributed by atoms with Gasteiger partial charge in [0.2, 0.25) is 0 Å². The first-order valence-electron chi connectivity index (χ1n) is 6.95. The Labute approximate surface area is 135 Å². The number of likely N-dealkylation sites (N-methyl/N-ethyl adjacent to an activating group) is 1. The molecule has 112 valence electrons. The smallest absolute Gasteiger partial charge is 0.123 e. The Hall–Kier alpha value is -1.09. The molecule has 1 unspecified atom stereocenters. The minimum atomic E-state index is -0.215. The lowest BCUT2D eigenvalue weighted by Crippen LogP contribution is -2.24. The largest absolute Gasteiger partial charge is 0.310 e. The molecule has 0 fully saturated rings. The molecule has 1 nitrogen and oxygen atoms in total. The van der Waals surface area contributed by atoms with Gasteiger partial charge in [-0.3, -0.25) is 0 Å². The van der Waals surface area contributed by atoms with Gasteiger partial charge >= 0.3 is 0 Å². The predicted molar refractivity (Wildman–Crippen MR) is 87.7 cm³/mol. The van der Waals surface area contributed by atoms with Crippen LogP contribution in [-0.2, 0) is 6.42 Å². The minimum Gasteiger partial charge on any atom is -0.310 e. The van der Waals surface area contributed by atoms with Crippen LogP contribution in [-0.4, -0.2) is 6.54 Å². The molecule has 0 amide bonds. The third-order valence-electron chi connectivity index (χ3n) is 3.51. The standard InChI is InChI=1S/C17H18Cl2FN/c1-3-21-16(14-8-7-13(20)9-11(14)2)10-12-5-4-6-15(18)17(12)19/h4-9,16,21H,3,10H2,1-2H3. The summed E-state index contributed by atoms with van der Waals surface area (Å²) in [5, 5.41) is 4.57. The van der Waals surface area contributed by atoms with Gasteiger partial charge in [0.15, 0.2) is 0 Å². The van der Waals surface area contributed by atoms with Crippen LogP contribution in [0.5, 0.6) is 0 Å². The van der Waals surface area contributed by atoms with Gasteiger partial charge in [-0.1, -0.05) is 48.3 Å². The molecule has 2 rings (SSSR count). The normalized spacial score (nSPS) is 12.4. The highest BCUT2D eigenvalue weighted by atomic mass is 35.5. The molecule has 0 spiro atoms. The van der Waals surface area contributed by atoms with Gasteiger partial charge in [-0.15, -0.1) is 0 Å². The van der Waals surface area contributed by atoms with E-state index in [1.807, 2.05) is 32.0 Å². The van der Waals surface area contributed by atoms with Gasteiger partial charge in [-0.2, -0.15) is 0 Å². The second kappa shape index (κ2) is 7.26. The second-order valence-electron chi connectivity index (χ2n) is 5.03. The third-order valence-corrected chi connectivity index (χ3v) is 4.37. The van der Waals surface area contributed by atoms with Crippen LogP contribution in [0.1, 0.15) is 29.7 Å². The Bertz CT molecular complexity index is 628. The van der Waals surface area contributed by atoms with Gasteiger partial charge < -0.3 is 5.32 Å². The van der Waals surface area contributed by atoms with Gasteiger partial charge in [0, 0.05) is 6.04 Å². The van der Waals surface area contributed by atoms with E-state index in [1.54, 1.807) is 12.1 Å². The van der Waals surface area contributed by atoms with Crippen LogP contribution in [0.2, 0.25) is 10.0 Å². The van der Waals surface area contributed by atoms with Gasteiger partial charge in [0.25, 0.3) is 0 Å². The summed E-state index contributed by atoms with van der Waals surface area (Å²) in [6.45, 7) is 4.79. The first kappa shape index (κ1) is 16.3. The van der Waals surface area contributed by atoms with Crippen LogP contribution in [0, 0.1) is 12.7 Å². The number of benzene rings is 2. The maximum atomic E-state index is 13.3. The van der Waals surface area contributed by atoms with E-state index >= 15 is 0 Å². The van der Waals surface area contributed by atoms with Crippen molar-refractivity contribution >= 4 is 23.2 Å². The van der Waals surface area contributed by atoms with Gasteiger partial charge in [-0.25, -0.2) is 4.39 Å². The first-order valence-corrected chi connectivity index (χ1v) is 7.70. The van der Waals surface area contributed by atoms with Gasteiger partial charge in [-0.05, 0) is 54.8 Å². The van der Waals surface area contributed by atoms with E-state index in [4.69, 9.17) is 23.2 Å². The fourth-order valence-corrected chi connectivity index (χ4v) is 2.89. The predicted octanol–water partition coefficient (Wildman–Crippen LogP) is 5.33. The highest BCUT2D eigenvalue weighted by molar-refractivity contribution is 6.42. The zero-order valence-electron chi connectivity index (χ0n) is 12.1. The van der Waals surface area contributed by atoms with Crippen molar-refractivity contribution in [1.82, 2.24) is 5.32 Å². The summed E-state index contributed by atoms with van der Waals surface area (Å²) >= 11 is 12.3. The number of rotatable bonds is 5. The molecule has 0 saturated carbocycles.